The quantitative estimate of drug-likeness (QED) is 0.914. The van der Waals surface area contributed by atoms with Gasteiger partial charge in [-0.2, -0.15) is 5.10 Å². The molecule has 1 amide bonds. The van der Waals surface area contributed by atoms with Crippen molar-refractivity contribution in [2.45, 2.75) is 58.8 Å². The first-order chi connectivity index (χ1) is 11.5. The van der Waals surface area contributed by atoms with E-state index in [1.54, 1.807) is 11.3 Å². The Morgan fingerprint density at radius 3 is 2.96 bits per heavy atom. The van der Waals surface area contributed by atoms with E-state index < -0.39 is 0 Å². The minimum absolute atomic E-state index is 0.138. The van der Waals surface area contributed by atoms with Crippen molar-refractivity contribution in [2.75, 3.05) is 13.1 Å². The number of thiazole rings is 1. The number of hydrogen-bond donors (Lipinski definition) is 1. The van der Waals surface area contributed by atoms with Crippen LogP contribution >= 0.6 is 11.3 Å². The van der Waals surface area contributed by atoms with Crippen LogP contribution < -0.4 is 0 Å². The van der Waals surface area contributed by atoms with Crippen LogP contribution in [-0.2, 0) is 6.42 Å². The van der Waals surface area contributed by atoms with Crippen LogP contribution in [0.1, 0.15) is 77.1 Å². The molecule has 1 N–H and O–H groups in total. The molecule has 3 rings (SSSR count). The summed E-state index contributed by atoms with van der Waals surface area (Å²) in [6.07, 6.45) is 5.03. The van der Waals surface area contributed by atoms with E-state index in [1.165, 1.54) is 11.3 Å². The van der Waals surface area contributed by atoms with Gasteiger partial charge in [-0.25, -0.2) is 4.98 Å². The van der Waals surface area contributed by atoms with Gasteiger partial charge in [-0.1, -0.05) is 20.8 Å². The van der Waals surface area contributed by atoms with Crippen LogP contribution in [0.3, 0.4) is 0 Å². The second-order valence-electron chi connectivity index (χ2n) is 6.87. The minimum atomic E-state index is 0.138. The summed E-state index contributed by atoms with van der Waals surface area (Å²) in [7, 11) is 0. The average Bonchev–Trinajstić information content (AvgIpc) is 3.20. The zero-order valence-corrected chi connectivity index (χ0v) is 15.7. The smallest absolute Gasteiger partial charge is 0.265 e. The van der Waals surface area contributed by atoms with Crippen molar-refractivity contribution in [1.82, 2.24) is 20.1 Å². The summed E-state index contributed by atoms with van der Waals surface area (Å²) >= 11 is 1.55. The largest absolute Gasteiger partial charge is 0.337 e. The second-order valence-corrected chi connectivity index (χ2v) is 7.90. The third-order valence-electron chi connectivity index (χ3n) is 4.75. The molecule has 2 aromatic heterocycles. The molecule has 0 saturated carbocycles. The van der Waals surface area contributed by atoms with Gasteiger partial charge in [0.15, 0.2) is 0 Å². The van der Waals surface area contributed by atoms with Crippen molar-refractivity contribution >= 4 is 17.2 Å². The van der Waals surface area contributed by atoms with E-state index in [1.807, 2.05) is 18.0 Å². The third-order valence-corrected chi connectivity index (χ3v) is 6.20. The molecular formula is C18H26N4OS. The summed E-state index contributed by atoms with van der Waals surface area (Å²) in [5.41, 5.74) is 3.34. The van der Waals surface area contributed by atoms with Gasteiger partial charge in [0.25, 0.3) is 5.91 Å². The molecule has 1 aliphatic heterocycles. The monoisotopic (exact) mass is 346 g/mol. The summed E-state index contributed by atoms with van der Waals surface area (Å²) in [5.74, 6) is 0.860. The first-order valence-corrected chi connectivity index (χ1v) is 9.61. The summed E-state index contributed by atoms with van der Waals surface area (Å²) in [4.78, 5) is 20.4. The van der Waals surface area contributed by atoms with E-state index in [2.05, 4.69) is 36.0 Å². The fraction of sp³-hybridized carbons (Fsp3) is 0.611. The van der Waals surface area contributed by atoms with Crippen LogP contribution in [0.15, 0.2) is 6.20 Å². The van der Waals surface area contributed by atoms with Crippen molar-refractivity contribution in [1.29, 1.82) is 0 Å². The topological polar surface area (TPSA) is 61.9 Å². The maximum atomic E-state index is 13.0. The molecule has 1 atom stereocenters. The Morgan fingerprint density at radius 2 is 2.29 bits per heavy atom. The van der Waals surface area contributed by atoms with E-state index in [0.717, 1.165) is 47.9 Å². The van der Waals surface area contributed by atoms with E-state index in [-0.39, 0.29) is 5.91 Å². The lowest BCUT2D eigenvalue weighted by Gasteiger charge is -2.32. The zero-order chi connectivity index (χ0) is 17.3. The van der Waals surface area contributed by atoms with E-state index in [9.17, 15) is 4.79 Å². The molecule has 0 spiro atoms. The fourth-order valence-electron chi connectivity index (χ4n) is 3.36. The molecule has 0 radical (unpaired) electrons. The Hall–Kier alpha value is -1.69. The molecule has 24 heavy (non-hydrogen) atoms. The van der Waals surface area contributed by atoms with Gasteiger partial charge in [0.05, 0.1) is 16.9 Å². The number of carbonyl (C=O) groups excluding carboxylic acids is 1. The highest BCUT2D eigenvalue weighted by Gasteiger charge is 2.29. The third kappa shape index (κ3) is 3.24. The summed E-state index contributed by atoms with van der Waals surface area (Å²) < 4.78 is 0. The number of aromatic amines is 1. The van der Waals surface area contributed by atoms with Gasteiger partial charge in [0, 0.05) is 30.6 Å². The van der Waals surface area contributed by atoms with Crippen LogP contribution in [0.2, 0.25) is 0 Å². The molecule has 6 heteroatoms. The van der Waals surface area contributed by atoms with Crippen LogP contribution in [0.4, 0.5) is 0 Å². The number of piperidine rings is 1. The standard InChI is InChI=1S/C18H26N4OS/c1-5-13-9-19-21-15(13)14-7-6-8-22(10-14)18(23)16-12(4)20-17(24-16)11(2)3/h9,11,14H,5-8,10H2,1-4H3,(H,19,21). The van der Waals surface area contributed by atoms with Crippen LogP contribution in [0, 0.1) is 6.92 Å². The number of nitrogens with one attached hydrogen (secondary N) is 1. The number of nitrogens with zero attached hydrogens (tertiary/aromatic N) is 3. The first-order valence-electron chi connectivity index (χ1n) is 8.80. The number of rotatable bonds is 4. The molecule has 3 heterocycles. The average molecular weight is 347 g/mol. The maximum absolute atomic E-state index is 13.0. The SMILES string of the molecule is CCc1cn[nH]c1C1CCCN(C(=O)c2sc(C(C)C)nc2C)C1. The molecule has 0 aromatic carbocycles. The van der Waals surface area contributed by atoms with Gasteiger partial charge in [-0.3, -0.25) is 9.89 Å². The van der Waals surface area contributed by atoms with Crippen molar-refractivity contribution in [3.8, 4) is 0 Å². The van der Waals surface area contributed by atoms with Crippen LogP contribution in [-0.4, -0.2) is 39.1 Å². The lowest BCUT2D eigenvalue weighted by Crippen LogP contribution is -2.39. The van der Waals surface area contributed by atoms with Crippen molar-refractivity contribution < 1.29 is 4.79 Å². The Bertz CT molecular complexity index is 718. The van der Waals surface area contributed by atoms with Gasteiger partial charge in [0.2, 0.25) is 0 Å². The molecule has 1 aliphatic rings. The normalized spacial score (nSPS) is 18.4. The number of likely N-dealkylation sites (tertiary alicyclic amines) is 1. The lowest BCUT2D eigenvalue weighted by molar-refractivity contribution is 0.0709. The molecule has 5 nitrogen and oxygen atoms in total. The van der Waals surface area contributed by atoms with E-state index >= 15 is 0 Å². The van der Waals surface area contributed by atoms with Crippen LogP contribution in [0.25, 0.3) is 0 Å². The summed E-state index contributed by atoms with van der Waals surface area (Å²) in [6, 6.07) is 0. The number of amides is 1. The number of aromatic nitrogens is 3. The maximum Gasteiger partial charge on any atom is 0.265 e. The molecule has 1 fully saturated rings. The van der Waals surface area contributed by atoms with Gasteiger partial charge in [-0.05, 0) is 31.7 Å². The highest BCUT2D eigenvalue weighted by Crippen LogP contribution is 2.31. The number of hydrogen-bond acceptors (Lipinski definition) is 4. The molecule has 130 valence electrons. The van der Waals surface area contributed by atoms with Gasteiger partial charge >= 0.3 is 0 Å². The molecule has 1 saturated heterocycles. The predicted molar refractivity (Wildman–Crippen MR) is 96.8 cm³/mol. The number of H-pyrrole nitrogens is 1. The highest BCUT2D eigenvalue weighted by atomic mass is 32.1. The van der Waals surface area contributed by atoms with Crippen molar-refractivity contribution in [3.63, 3.8) is 0 Å². The van der Waals surface area contributed by atoms with Gasteiger partial charge in [-0.15, -0.1) is 11.3 Å². The van der Waals surface area contributed by atoms with E-state index in [0.29, 0.717) is 11.8 Å². The molecule has 2 aromatic rings. The Morgan fingerprint density at radius 1 is 1.50 bits per heavy atom. The fourth-order valence-corrected chi connectivity index (χ4v) is 4.40. The highest BCUT2D eigenvalue weighted by molar-refractivity contribution is 7.13. The number of carbonyl (C=O) groups is 1. The Balaban J connectivity index is 1.78. The molecule has 0 bridgehead atoms. The second kappa shape index (κ2) is 7.05. The predicted octanol–water partition coefficient (Wildman–Crippen LogP) is 3.88. The van der Waals surface area contributed by atoms with Gasteiger partial charge in [0.1, 0.15) is 4.88 Å². The summed E-state index contributed by atoms with van der Waals surface area (Å²) in [6.45, 7) is 9.93. The minimum Gasteiger partial charge on any atom is -0.337 e. The van der Waals surface area contributed by atoms with Crippen molar-refractivity contribution in [3.05, 3.63) is 33.0 Å². The summed E-state index contributed by atoms with van der Waals surface area (Å²) in [5, 5.41) is 8.40. The lowest BCUT2D eigenvalue weighted by atomic mass is 9.92. The molecular weight excluding hydrogens is 320 g/mol. The van der Waals surface area contributed by atoms with Crippen molar-refractivity contribution in [2.24, 2.45) is 0 Å². The zero-order valence-electron chi connectivity index (χ0n) is 14.9. The molecule has 1 unspecified atom stereocenters. The first kappa shape index (κ1) is 17.1. The molecule has 0 aliphatic carbocycles. The number of aryl methyl sites for hydroxylation is 2. The Labute approximate surface area is 147 Å². The van der Waals surface area contributed by atoms with E-state index in [4.69, 9.17) is 0 Å². The Kier molecular flexibility index (Phi) is 5.04. The van der Waals surface area contributed by atoms with Crippen LogP contribution in [0.5, 0.6) is 0 Å². The van der Waals surface area contributed by atoms with Gasteiger partial charge < -0.3 is 4.90 Å².